The van der Waals surface area contributed by atoms with Gasteiger partial charge in [-0.3, -0.25) is 9.79 Å². The largest absolute Gasteiger partial charge is 0.466 e. The van der Waals surface area contributed by atoms with Crippen molar-refractivity contribution in [3.63, 3.8) is 0 Å². The lowest BCUT2D eigenvalue weighted by Crippen LogP contribution is -2.47. The second kappa shape index (κ2) is 10.4. The number of ether oxygens (including phenoxy) is 1. The standard InChI is InChI=1S/C21H30FN3O2.HI/c1-3-23-20(25-13-9-16(10-14-25)19(26)27-4-2)24-15-21(11-12-21)17-5-7-18(22)8-6-17;/h5-8,16H,3-4,9-15H2,1-2H3,(H,23,24);1H. The van der Waals surface area contributed by atoms with E-state index in [2.05, 4.69) is 17.1 Å². The van der Waals surface area contributed by atoms with Crippen LogP contribution in [-0.4, -0.2) is 49.6 Å². The lowest BCUT2D eigenvalue weighted by molar-refractivity contribution is -0.149. The Morgan fingerprint density at radius 2 is 1.89 bits per heavy atom. The van der Waals surface area contributed by atoms with Crippen molar-refractivity contribution in [1.29, 1.82) is 0 Å². The molecule has 1 aromatic rings. The van der Waals surface area contributed by atoms with Crippen LogP contribution in [0, 0.1) is 11.7 Å². The number of guanidine groups is 1. The predicted octanol–water partition coefficient (Wildman–Crippen LogP) is 3.72. The van der Waals surface area contributed by atoms with E-state index in [1.54, 1.807) is 0 Å². The molecule has 0 aromatic heterocycles. The number of halogens is 2. The summed E-state index contributed by atoms with van der Waals surface area (Å²) in [5.41, 5.74) is 1.22. The number of benzene rings is 1. The summed E-state index contributed by atoms with van der Waals surface area (Å²) in [6, 6.07) is 6.83. The zero-order valence-electron chi connectivity index (χ0n) is 16.7. The van der Waals surface area contributed by atoms with E-state index < -0.39 is 0 Å². The maximum atomic E-state index is 13.2. The molecule has 0 bridgehead atoms. The van der Waals surface area contributed by atoms with Crippen molar-refractivity contribution < 1.29 is 13.9 Å². The Balaban J connectivity index is 0.00000280. The Labute approximate surface area is 184 Å². The minimum atomic E-state index is -0.198. The van der Waals surface area contributed by atoms with E-state index in [4.69, 9.17) is 9.73 Å². The molecule has 5 nitrogen and oxygen atoms in total. The number of nitrogens with one attached hydrogen (secondary N) is 1. The van der Waals surface area contributed by atoms with Gasteiger partial charge in [0.2, 0.25) is 0 Å². The Bertz CT molecular complexity index is 669. The molecule has 0 atom stereocenters. The number of esters is 1. The quantitative estimate of drug-likeness (QED) is 0.279. The van der Waals surface area contributed by atoms with Gasteiger partial charge in [-0.2, -0.15) is 0 Å². The molecule has 2 aliphatic rings. The number of hydrogen-bond acceptors (Lipinski definition) is 3. The van der Waals surface area contributed by atoms with Crippen molar-refractivity contribution in [3.05, 3.63) is 35.6 Å². The third-order valence-corrected chi connectivity index (χ3v) is 5.59. The van der Waals surface area contributed by atoms with Crippen molar-refractivity contribution in [1.82, 2.24) is 10.2 Å². The van der Waals surface area contributed by atoms with Gasteiger partial charge in [-0.1, -0.05) is 12.1 Å². The summed E-state index contributed by atoms with van der Waals surface area (Å²) in [6.07, 6.45) is 3.78. The van der Waals surface area contributed by atoms with Gasteiger partial charge in [0.15, 0.2) is 5.96 Å². The summed E-state index contributed by atoms with van der Waals surface area (Å²) in [5.74, 6) is 0.634. The van der Waals surface area contributed by atoms with Gasteiger partial charge < -0.3 is 15.0 Å². The van der Waals surface area contributed by atoms with Crippen LogP contribution in [-0.2, 0) is 14.9 Å². The molecular formula is C21H31FIN3O2. The number of piperidine rings is 1. The first kappa shape index (κ1) is 22.9. The SMILES string of the molecule is CCNC(=NCC1(c2ccc(F)cc2)CC1)N1CCC(C(=O)OCC)CC1.I. The van der Waals surface area contributed by atoms with Crippen LogP contribution in [0.15, 0.2) is 29.3 Å². The van der Waals surface area contributed by atoms with Gasteiger partial charge >= 0.3 is 5.97 Å². The average Bonchev–Trinajstić information content (AvgIpc) is 3.47. The lowest BCUT2D eigenvalue weighted by Gasteiger charge is -2.33. The number of nitrogens with zero attached hydrogens (tertiary/aromatic N) is 2. The van der Waals surface area contributed by atoms with E-state index in [1.165, 1.54) is 17.7 Å². The van der Waals surface area contributed by atoms with Gasteiger partial charge in [0.1, 0.15) is 5.82 Å². The van der Waals surface area contributed by atoms with Crippen LogP contribution in [0.2, 0.25) is 0 Å². The van der Waals surface area contributed by atoms with Crippen LogP contribution in [0.25, 0.3) is 0 Å². The zero-order chi connectivity index (χ0) is 19.3. The van der Waals surface area contributed by atoms with Gasteiger partial charge in [0, 0.05) is 25.0 Å². The molecule has 0 radical (unpaired) electrons. The second-order valence-electron chi connectivity index (χ2n) is 7.47. The third-order valence-electron chi connectivity index (χ3n) is 5.59. The molecule has 7 heteroatoms. The summed E-state index contributed by atoms with van der Waals surface area (Å²) in [6.45, 7) is 7.47. The molecule has 3 rings (SSSR count). The van der Waals surface area contributed by atoms with E-state index in [0.717, 1.165) is 51.3 Å². The molecule has 28 heavy (non-hydrogen) atoms. The first-order chi connectivity index (χ1) is 13.1. The fourth-order valence-electron chi connectivity index (χ4n) is 3.73. The predicted molar refractivity (Wildman–Crippen MR) is 120 cm³/mol. The van der Waals surface area contributed by atoms with Crippen molar-refractivity contribution in [2.45, 2.75) is 44.9 Å². The molecular weight excluding hydrogens is 472 g/mol. The molecule has 1 saturated carbocycles. The molecule has 1 aliphatic heterocycles. The third kappa shape index (κ3) is 5.58. The first-order valence-corrected chi connectivity index (χ1v) is 10.0. The molecule has 156 valence electrons. The molecule has 0 unspecified atom stereocenters. The van der Waals surface area contributed by atoms with Gasteiger partial charge in [0.25, 0.3) is 0 Å². The number of aliphatic imine (C=N–C) groups is 1. The molecule has 1 N–H and O–H groups in total. The Morgan fingerprint density at radius 3 is 2.43 bits per heavy atom. The van der Waals surface area contributed by atoms with E-state index in [1.807, 2.05) is 19.1 Å². The number of likely N-dealkylation sites (tertiary alicyclic amines) is 1. The van der Waals surface area contributed by atoms with Crippen LogP contribution in [0.1, 0.15) is 45.1 Å². The van der Waals surface area contributed by atoms with Crippen molar-refractivity contribution >= 4 is 35.9 Å². The Kier molecular flexibility index (Phi) is 8.52. The Morgan fingerprint density at radius 1 is 1.25 bits per heavy atom. The first-order valence-electron chi connectivity index (χ1n) is 10.0. The Hall–Kier alpha value is -1.38. The van der Waals surface area contributed by atoms with E-state index in [-0.39, 0.29) is 47.1 Å². The van der Waals surface area contributed by atoms with Crippen molar-refractivity contribution in [2.24, 2.45) is 10.9 Å². The highest BCUT2D eigenvalue weighted by Gasteiger charge is 2.44. The maximum Gasteiger partial charge on any atom is 0.309 e. The molecule has 0 amide bonds. The molecule has 1 aliphatic carbocycles. The molecule has 1 saturated heterocycles. The lowest BCUT2D eigenvalue weighted by atomic mass is 9.96. The normalized spacial score (nSPS) is 19.0. The van der Waals surface area contributed by atoms with Gasteiger partial charge in [-0.15, -0.1) is 24.0 Å². The highest BCUT2D eigenvalue weighted by Crippen LogP contribution is 2.48. The van der Waals surface area contributed by atoms with E-state index in [9.17, 15) is 9.18 Å². The van der Waals surface area contributed by atoms with Crippen LogP contribution < -0.4 is 5.32 Å². The highest BCUT2D eigenvalue weighted by atomic mass is 127. The molecule has 1 heterocycles. The van der Waals surface area contributed by atoms with Crippen molar-refractivity contribution in [2.75, 3.05) is 32.8 Å². The number of hydrogen-bond donors (Lipinski definition) is 1. The number of rotatable bonds is 6. The van der Waals surface area contributed by atoms with Crippen LogP contribution >= 0.6 is 24.0 Å². The summed E-state index contributed by atoms with van der Waals surface area (Å²) >= 11 is 0. The smallest absolute Gasteiger partial charge is 0.309 e. The molecule has 1 aromatic carbocycles. The van der Waals surface area contributed by atoms with Crippen LogP contribution in [0.5, 0.6) is 0 Å². The fraction of sp³-hybridized carbons (Fsp3) is 0.619. The van der Waals surface area contributed by atoms with Crippen LogP contribution in [0.3, 0.4) is 0 Å². The topological polar surface area (TPSA) is 53.9 Å². The van der Waals surface area contributed by atoms with Gasteiger partial charge in [-0.05, 0) is 57.2 Å². The van der Waals surface area contributed by atoms with E-state index in [0.29, 0.717) is 13.2 Å². The summed E-state index contributed by atoms with van der Waals surface area (Å²) in [5, 5.41) is 3.38. The highest BCUT2D eigenvalue weighted by molar-refractivity contribution is 14.0. The fourth-order valence-corrected chi connectivity index (χ4v) is 3.73. The molecule has 2 fully saturated rings. The van der Waals surface area contributed by atoms with Gasteiger partial charge in [0.05, 0.1) is 19.1 Å². The van der Waals surface area contributed by atoms with Crippen LogP contribution in [0.4, 0.5) is 4.39 Å². The van der Waals surface area contributed by atoms with Crippen molar-refractivity contribution in [3.8, 4) is 0 Å². The summed E-state index contributed by atoms with van der Waals surface area (Å²) < 4.78 is 18.4. The second-order valence-corrected chi connectivity index (χ2v) is 7.47. The number of carbonyl (C=O) groups excluding carboxylic acids is 1. The molecule has 0 spiro atoms. The number of carbonyl (C=O) groups is 1. The maximum absolute atomic E-state index is 13.2. The minimum absolute atomic E-state index is 0. The summed E-state index contributed by atoms with van der Waals surface area (Å²) in [7, 11) is 0. The zero-order valence-corrected chi connectivity index (χ0v) is 19.1. The monoisotopic (exact) mass is 503 g/mol. The summed E-state index contributed by atoms with van der Waals surface area (Å²) in [4.78, 5) is 19.1. The average molecular weight is 503 g/mol. The van der Waals surface area contributed by atoms with E-state index >= 15 is 0 Å². The minimum Gasteiger partial charge on any atom is -0.466 e. The van der Waals surface area contributed by atoms with Gasteiger partial charge in [-0.25, -0.2) is 4.39 Å².